The highest BCUT2D eigenvalue weighted by Gasteiger charge is 2.18. The average Bonchev–Trinajstić information content (AvgIpc) is 2.59. The predicted octanol–water partition coefficient (Wildman–Crippen LogP) is 0.742. The number of aromatic nitrogens is 1. The van der Waals surface area contributed by atoms with Crippen LogP contribution in [0.3, 0.4) is 0 Å². The van der Waals surface area contributed by atoms with Crippen LogP contribution in [0.25, 0.3) is 0 Å². The van der Waals surface area contributed by atoms with Gasteiger partial charge in [-0.2, -0.15) is 0 Å². The van der Waals surface area contributed by atoms with Crippen LogP contribution in [-0.4, -0.2) is 35.8 Å². The molecule has 0 aliphatic carbocycles. The minimum atomic E-state index is -0.804. The minimum absolute atomic E-state index is 0.346. The number of ether oxygens (including phenoxy) is 1. The van der Waals surface area contributed by atoms with Crippen molar-refractivity contribution < 1.29 is 14.6 Å². The summed E-state index contributed by atoms with van der Waals surface area (Å²) in [5.41, 5.74) is 0. The fourth-order valence-electron chi connectivity index (χ4n) is 0.791. The Morgan fingerprint density at radius 3 is 3.07 bits per heavy atom. The number of thiazole rings is 1. The standard InChI is InChI=1S/C7H9ClN2O3S/c1-13-6(12)4(2-11)9-7-10-5(8)3-14-7/h3-4,11H,2H2,1H3,(H,9,10). The summed E-state index contributed by atoms with van der Waals surface area (Å²) in [7, 11) is 1.25. The Kier molecular flexibility index (Phi) is 4.12. The molecule has 0 aromatic carbocycles. The van der Waals surface area contributed by atoms with Gasteiger partial charge in [-0.3, -0.25) is 0 Å². The molecule has 0 aliphatic heterocycles. The first kappa shape index (κ1) is 11.2. The average molecular weight is 237 g/mol. The molecule has 2 N–H and O–H groups in total. The Morgan fingerprint density at radius 1 is 1.93 bits per heavy atom. The van der Waals surface area contributed by atoms with Crippen LogP contribution in [-0.2, 0) is 9.53 Å². The molecule has 5 nitrogen and oxygen atoms in total. The number of hydrogen-bond acceptors (Lipinski definition) is 6. The number of esters is 1. The van der Waals surface area contributed by atoms with E-state index in [0.717, 1.165) is 0 Å². The van der Waals surface area contributed by atoms with Gasteiger partial charge in [0, 0.05) is 5.38 Å². The van der Waals surface area contributed by atoms with Gasteiger partial charge in [-0.1, -0.05) is 11.6 Å². The normalized spacial score (nSPS) is 12.2. The summed E-state index contributed by atoms with van der Waals surface area (Å²) >= 11 is 6.83. The third-order valence-corrected chi connectivity index (χ3v) is 2.54. The zero-order chi connectivity index (χ0) is 10.6. The topological polar surface area (TPSA) is 71.5 Å². The highest BCUT2D eigenvalue weighted by Crippen LogP contribution is 2.19. The molecular formula is C7H9ClN2O3S. The Labute approximate surface area is 89.7 Å². The Balaban J connectivity index is 2.61. The molecule has 1 rings (SSSR count). The van der Waals surface area contributed by atoms with Crippen LogP contribution in [0.2, 0.25) is 5.15 Å². The van der Waals surface area contributed by atoms with E-state index in [0.29, 0.717) is 10.3 Å². The molecule has 14 heavy (non-hydrogen) atoms. The van der Waals surface area contributed by atoms with E-state index in [4.69, 9.17) is 16.7 Å². The first-order valence-corrected chi connectivity index (χ1v) is 4.99. The van der Waals surface area contributed by atoms with Crippen LogP contribution < -0.4 is 5.32 Å². The Bertz CT molecular complexity index is 318. The van der Waals surface area contributed by atoms with Crippen molar-refractivity contribution in [3.05, 3.63) is 10.5 Å². The van der Waals surface area contributed by atoms with Crippen LogP contribution in [0, 0.1) is 0 Å². The monoisotopic (exact) mass is 236 g/mol. The minimum Gasteiger partial charge on any atom is -0.467 e. The summed E-state index contributed by atoms with van der Waals surface area (Å²) < 4.78 is 4.46. The fourth-order valence-corrected chi connectivity index (χ4v) is 1.68. The number of carbonyl (C=O) groups is 1. The molecule has 0 bridgehead atoms. The second kappa shape index (κ2) is 5.14. The summed E-state index contributed by atoms with van der Waals surface area (Å²) in [6, 6.07) is -0.804. The molecule has 1 unspecified atom stereocenters. The molecule has 0 amide bonds. The molecule has 0 radical (unpaired) electrons. The molecular weight excluding hydrogens is 228 g/mol. The molecule has 1 heterocycles. The molecule has 1 aromatic rings. The van der Waals surface area contributed by atoms with Gasteiger partial charge in [0.2, 0.25) is 0 Å². The zero-order valence-corrected chi connectivity index (χ0v) is 8.93. The quantitative estimate of drug-likeness (QED) is 0.755. The summed E-state index contributed by atoms with van der Waals surface area (Å²) in [4.78, 5) is 14.9. The molecule has 7 heteroatoms. The van der Waals surface area contributed by atoms with Crippen molar-refractivity contribution in [3.63, 3.8) is 0 Å². The largest absolute Gasteiger partial charge is 0.467 e. The van der Waals surface area contributed by atoms with Crippen LogP contribution in [0.1, 0.15) is 0 Å². The van der Waals surface area contributed by atoms with E-state index in [-0.39, 0.29) is 6.61 Å². The number of anilines is 1. The lowest BCUT2D eigenvalue weighted by Gasteiger charge is -2.12. The Morgan fingerprint density at radius 2 is 2.64 bits per heavy atom. The van der Waals surface area contributed by atoms with Gasteiger partial charge in [-0.05, 0) is 0 Å². The number of hydrogen-bond donors (Lipinski definition) is 2. The van der Waals surface area contributed by atoms with Crippen molar-refractivity contribution in [1.82, 2.24) is 4.98 Å². The molecule has 0 aliphatic rings. The number of aliphatic hydroxyl groups excluding tert-OH is 1. The Hall–Kier alpha value is -0.850. The molecule has 1 atom stereocenters. The lowest BCUT2D eigenvalue weighted by Crippen LogP contribution is -2.33. The predicted molar refractivity (Wildman–Crippen MR) is 53.6 cm³/mol. The van der Waals surface area contributed by atoms with Crippen LogP contribution >= 0.6 is 22.9 Å². The highest BCUT2D eigenvalue weighted by molar-refractivity contribution is 7.14. The molecule has 1 aromatic heterocycles. The first-order chi connectivity index (χ1) is 6.67. The van der Waals surface area contributed by atoms with Crippen molar-refractivity contribution in [2.75, 3.05) is 19.0 Å². The SMILES string of the molecule is COC(=O)C(CO)Nc1nc(Cl)cs1. The number of carbonyl (C=O) groups excluding carboxylic acids is 1. The molecule has 0 saturated heterocycles. The van der Waals surface area contributed by atoms with Gasteiger partial charge in [0.1, 0.15) is 11.2 Å². The van der Waals surface area contributed by atoms with Crippen molar-refractivity contribution in [3.8, 4) is 0 Å². The van der Waals surface area contributed by atoms with Gasteiger partial charge in [0.25, 0.3) is 0 Å². The molecule has 0 spiro atoms. The third-order valence-electron chi connectivity index (χ3n) is 1.44. The maximum Gasteiger partial charge on any atom is 0.330 e. The molecule has 78 valence electrons. The smallest absolute Gasteiger partial charge is 0.330 e. The third kappa shape index (κ3) is 2.83. The summed E-state index contributed by atoms with van der Waals surface area (Å²) in [5, 5.41) is 14.0. The van der Waals surface area contributed by atoms with Crippen molar-refractivity contribution in [1.29, 1.82) is 0 Å². The number of nitrogens with one attached hydrogen (secondary N) is 1. The van der Waals surface area contributed by atoms with E-state index in [2.05, 4.69) is 15.0 Å². The lowest BCUT2D eigenvalue weighted by atomic mass is 10.3. The maximum atomic E-state index is 11.1. The van der Waals surface area contributed by atoms with Crippen LogP contribution in [0.5, 0.6) is 0 Å². The molecule has 0 saturated carbocycles. The van der Waals surface area contributed by atoms with Gasteiger partial charge >= 0.3 is 5.97 Å². The van der Waals surface area contributed by atoms with Gasteiger partial charge in [-0.15, -0.1) is 11.3 Å². The van der Waals surface area contributed by atoms with Crippen molar-refractivity contribution >= 4 is 34.0 Å². The van der Waals surface area contributed by atoms with Gasteiger partial charge in [0.15, 0.2) is 5.13 Å². The van der Waals surface area contributed by atoms with Crippen molar-refractivity contribution in [2.24, 2.45) is 0 Å². The van der Waals surface area contributed by atoms with E-state index in [1.807, 2.05) is 0 Å². The summed E-state index contributed by atoms with van der Waals surface area (Å²) in [6.45, 7) is -0.357. The van der Waals surface area contributed by atoms with Crippen LogP contribution in [0.4, 0.5) is 5.13 Å². The number of nitrogens with zero attached hydrogens (tertiary/aromatic N) is 1. The second-order valence-corrected chi connectivity index (χ2v) is 3.62. The number of rotatable bonds is 4. The highest BCUT2D eigenvalue weighted by atomic mass is 35.5. The van der Waals surface area contributed by atoms with Crippen LogP contribution in [0.15, 0.2) is 5.38 Å². The van der Waals surface area contributed by atoms with E-state index >= 15 is 0 Å². The number of methoxy groups -OCH3 is 1. The van der Waals surface area contributed by atoms with Gasteiger partial charge < -0.3 is 15.2 Å². The number of halogens is 1. The van der Waals surface area contributed by atoms with Gasteiger partial charge in [0.05, 0.1) is 13.7 Å². The first-order valence-electron chi connectivity index (χ1n) is 3.73. The van der Waals surface area contributed by atoms with E-state index in [1.165, 1.54) is 18.4 Å². The summed E-state index contributed by atoms with van der Waals surface area (Å²) in [6.07, 6.45) is 0. The summed E-state index contributed by atoms with van der Waals surface area (Å²) in [5.74, 6) is -0.543. The second-order valence-electron chi connectivity index (χ2n) is 2.38. The molecule has 0 fully saturated rings. The van der Waals surface area contributed by atoms with E-state index in [9.17, 15) is 4.79 Å². The van der Waals surface area contributed by atoms with E-state index < -0.39 is 12.0 Å². The lowest BCUT2D eigenvalue weighted by molar-refractivity contribution is -0.142. The van der Waals surface area contributed by atoms with E-state index in [1.54, 1.807) is 5.38 Å². The fraction of sp³-hybridized carbons (Fsp3) is 0.429. The van der Waals surface area contributed by atoms with Gasteiger partial charge in [-0.25, -0.2) is 9.78 Å². The maximum absolute atomic E-state index is 11.1. The number of aliphatic hydroxyl groups is 1. The zero-order valence-electron chi connectivity index (χ0n) is 7.36. The van der Waals surface area contributed by atoms with Crippen molar-refractivity contribution in [2.45, 2.75) is 6.04 Å².